The quantitative estimate of drug-likeness (QED) is 0.412. The number of hydrogen-bond acceptors (Lipinski definition) is 2. The van der Waals surface area contributed by atoms with Gasteiger partial charge in [0.05, 0.1) is 6.61 Å². The van der Waals surface area contributed by atoms with Crippen molar-refractivity contribution in [2.45, 2.75) is 24.6 Å². The van der Waals surface area contributed by atoms with E-state index in [2.05, 4.69) is 38.1 Å². The molecule has 1 rings (SSSR count). The molecule has 0 saturated carbocycles. The van der Waals surface area contributed by atoms with Gasteiger partial charge in [-0.2, -0.15) is 0 Å². The standard InChI is InChI=1S/C13H19ClOS/c1-11(2)10-15-7-8-16-13-5-3-12(9-14)4-6-13/h3-6,11H,7-10H2,1-2H3. The Labute approximate surface area is 108 Å². The summed E-state index contributed by atoms with van der Waals surface area (Å²) in [4.78, 5) is 1.28. The molecule has 0 unspecified atom stereocenters. The van der Waals surface area contributed by atoms with Gasteiger partial charge in [-0.05, 0) is 23.6 Å². The highest BCUT2D eigenvalue weighted by atomic mass is 35.5. The molecule has 1 aromatic rings. The summed E-state index contributed by atoms with van der Waals surface area (Å²) >= 11 is 7.55. The van der Waals surface area contributed by atoms with Gasteiger partial charge in [-0.25, -0.2) is 0 Å². The lowest BCUT2D eigenvalue weighted by atomic mass is 10.2. The van der Waals surface area contributed by atoms with Crippen molar-refractivity contribution in [2.24, 2.45) is 5.92 Å². The lowest BCUT2D eigenvalue weighted by Crippen LogP contribution is -2.04. The van der Waals surface area contributed by atoms with Crippen LogP contribution >= 0.6 is 23.4 Å². The number of thioether (sulfide) groups is 1. The molecule has 0 radical (unpaired) electrons. The van der Waals surface area contributed by atoms with Gasteiger partial charge in [0.2, 0.25) is 0 Å². The smallest absolute Gasteiger partial charge is 0.0560 e. The first-order chi connectivity index (χ1) is 7.72. The SMILES string of the molecule is CC(C)COCCSc1ccc(CCl)cc1. The first kappa shape index (κ1) is 13.9. The van der Waals surface area contributed by atoms with E-state index in [-0.39, 0.29) is 0 Å². The minimum Gasteiger partial charge on any atom is -0.380 e. The van der Waals surface area contributed by atoms with Gasteiger partial charge >= 0.3 is 0 Å². The summed E-state index contributed by atoms with van der Waals surface area (Å²) in [5.74, 6) is 2.21. The highest BCUT2D eigenvalue weighted by molar-refractivity contribution is 7.99. The highest BCUT2D eigenvalue weighted by Crippen LogP contribution is 2.18. The second-order valence-electron chi connectivity index (χ2n) is 4.09. The molecule has 0 saturated heterocycles. The highest BCUT2D eigenvalue weighted by Gasteiger charge is 1.96. The molecule has 0 fully saturated rings. The summed E-state index contributed by atoms with van der Waals surface area (Å²) in [6.07, 6.45) is 0. The zero-order valence-electron chi connectivity index (χ0n) is 9.91. The molecule has 16 heavy (non-hydrogen) atoms. The monoisotopic (exact) mass is 258 g/mol. The van der Waals surface area contributed by atoms with E-state index in [4.69, 9.17) is 16.3 Å². The Balaban J connectivity index is 2.16. The van der Waals surface area contributed by atoms with E-state index in [0.29, 0.717) is 11.8 Å². The van der Waals surface area contributed by atoms with Gasteiger partial charge in [-0.3, -0.25) is 0 Å². The lowest BCUT2D eigenvalue weighted by molar-refractivity contribution is 0.124. The molecule has 0 atom stereocenters. The van der Waals surface area contributed by atoms with Gasteiger partial charge in [0.25, 0.3) is 0 Å². The van der Waals surface area contributed by atoms with E-state index in [0.717, 1.165) is 19.0 Å². The average molecular weight is 259 g/mol. The van der Waals surface area contributed by atoms with E-state index in [9.17, 15) is 0 Å². The number of rotatable bonds is 7. The molecule has 0 N–H and O–H groups in total. The van der Waals surface area contributed by atoms with Crippen molar-refractivity contribution in [3.8, 4) is 0 Å². The molecule has 1 aromatic carbocycles. The molecule has 0 aliphatic rings. The van der Waals surface area contributed by atoms with Crippen molar-refractivity contribution in [3.63, 3.8) is 0 Å². The fourth-order valence-corrected chi connectivity index (χ4v) is 2.16. The van der Waals surface area contributed by atoms with E-state index >= 15 is 0 Å². The summed E-state index contributed by atoms with van der Waals surface area (Å²) in [6, 6.07) is 8.38. The van der Waals surface area contributed by atoms with Crippen molar-refractivity contribution in [1.82, 2.24) is 0 Å². The Morgan fingerprint density at radius 1 is 1.25 bits per heavy atom. The maximum Gasteiger partial charge on any atom is 0.0560 e. The zero-order valence-corrected chi connectivity index (χ0v) is 11.5. The van der Waals surface area contributed by atoms with Crippen LogP contribution in [0.2, 0.25) is 0 Å². The minimum absolute atomic E-state index is 0.586. The van der Waals surface area contributed by atoms with E-state index in [1.807, 2.05) is 11.8 Å². The van der Waals surface area contributed by atoms with Gasteiger partial charge in [0.15, 0.2) is 0 Å². The summed E-state index contributed by atoms with van der Waals surface area (Å²) in [5, 5.41) is 0. The molecule has 0 spiro atoms. The predicted molar refractivity (Wildman–Crippen MR) is 72.4 cm³/mol. The molecule has 90 valence electrons. The fraction of sp³-hybridized carbons (Fsp3) is 0.538. The largest absolute Gasteiger partial charge is 0.380 e. The van der Waals surface area contributed by atoms with Crippen LogP contribution in [-0.4, -0.2) is 19.0 Å². The third-order valence-electron chi connectivity index (χ3n) is 2.03. The van der Waals surface area contributed by atoms with Crippen LogP contribution in [0.15, 0.2) is 29.2 Å². The second-order valence-corrected chi connectivity index (χ2v) is 5.53. The maximum absolute atomic E-state index is 5.73. The number of hydrogen-bond donors (Lipinski definition) is 0. The summed E-state index contributed by atoms with van der Waals surface area (Å²) in [5.41, 5.74) is 1.17. The first-order valence-electron chi connectivity index (χ1n) is 5.58. The third kappa shape index (κ3) is 5.78. The summed E-state index contributed by atoms with van der Waals surface area (Å²) in [6.45, 7) is 6.00. The molecular formula is C13H19ClOS. The van der Waals surface area contributed by atoms with Gasteiger partial charge in [0.1, 0.15) is 0 Å². The van der Waals surface area contributed by atoms with Crippen molar-refractivity contribution < 1.29 is 4.74 Å². The first-order valence-corrected chi connectivity index (χ1v) is 7.10. The van der Waals surface area contributed by atoms with E-state index in [1.54, 1.807) is 0 Å². The lowest BCUT2D eigenvalue weighted by Gasteiger charge is -2.06. The molecule has 0 aliphatic heterocycles. The molecule has 0 amide bonds. The summed E-state index contributed by atoms with van der Waals surface area (Å²) < 4.78 is 5.52. The predicted octanol–water partition coefficient (Wildman–Crippen LogP) is 4.19. The van der Waals surface area contributed by atoms with Crippen LogP contribution in [0.3, 0.4) is 0 Å². The second kappa shape index (κ2) is 7.99. The molecule has 3 heteroatoms. The fourth-order valence-electron chi connectivity index (χ4n) is 1.21. The van der Waals surface area contributed by atoms with E-state index < -0.39 is 0 Å². The number of ether oxygens (including phenoxy) is 1. The number of halogens is 1. The van der Waals surface area contributed by atoms with Gasteiger partial charge in [-0.15, -0.1) is 23.4 Å². The normalized spacial score (nSPS) is 11.0. The maximum atomic E-state index is 5.73. The Kier molecular flexibility index (Phi) is 6.93. The van der Waals surface area contributed by atoms with Gasteiger partial charge in [0, 0.05) is 23.1 Å². The van der Waals surface area contributed by atoms with Crippen LogP contribution in [0, 0.1) is 5.92 Å². The Bertz CT molecular complexity index is 284. The third-order valence-corrected chi connectivity index (χ3v) is 3.31. The van der Waals surface area contributed by atoms with Gasteiger partial charge in [-0.1, -0.05) is 26.0 Å². The van der Waals surface area contributed by atoms with Crippen LogP contribution in [-0.2, 0) is 10.6 Å². The van der Waals surface area contributed by atoms with Crippen LogP contribution < -0.4 is 0 Å². The average Bonchev–Trinajstić information content (AvgIpc) is 2.29. The van der Waals surface area contributed by atoms with Crippen molar-refractivity contribution in [1.29, 1.82) is 0 Å². The minimum atomic E-state index is 0.586. The molecule has 0 heterocycles. The molecule has 0 bridgehead atoms. The molecule has 0 aliphatic carbocycles. The van der Waals surface area contributed by atoms with E-state index in [1.165, 1.54) is 10.5 Å². The van der Waals surface area contributed by atoms with Crippen LogP contribution in [0.5, 0.6) is 0 Å². The topological polar surface area (TPSA) is 9.23 Å². The van der Waals surface area contributed by atoms with Crippen LogP contribution in [0.1, 0.15) is 19.4 Å². The molecular weight excluding hydrogens is 240 g/mol. The van der Waals surface area contributed by atoms with Gasteiger partial charge < -0.3 is 4.74 Å². The Morgan fingerprint density at radius 2 is 1.94 bits per heavy atom. The molecule has 0 aromatic heterocycles. The molecule has 1 nitrogen and oxygen atoms in total. The van der Waals surface area contributed by atoms with Crippen molar-refractivity contribution in [2.75, 3.05) is 19.0 Å². The summed E-state index contributed by atoms with van der Waals surface area (Å²) in [7, 11) is 0. The zero-order chi connectivity index (χ0) is 11.8. The van der Waals surface area contributed by atoms with Crippen LogP contribution in [0.4, 0.5) is 0 Å². The Morgan fingerprint density at radius 3 is 2.50 bits per heavy atom. The van der Waals surface area contributed by atoms with Crippen molar-refractivity contribution in [3.05, 3.63) is 29.8 Å². The number of alkyl halides is 1. The van der Waals surface area contributed by atoms with Crippen molar-refractivity contribution >= 4 is 23.4 Å². The van der Waals surface area contributed by atoms with Crippen LogP contribution in [0.25, 0.3) is 0 Å². The Hall–Kier alpha value is -0.180. The number of benzene rings is 1.